The molecule has 4 N–H and O–H groups in total. The van der Waals surface area contributed by atoms with Gasteiger partial charge in [-0.15, -0.1) is 0 Å². The fourth-order valence-corrected chi connectivity index (χ4v) is 3.68. The molecule has 1 aliphatic rings. The Hall–Kier alpha value is -1.53. The topological polar surface area (TPSA) is 152 Å². The fourth-order valence-electron chi connectivity index (χ4n) is 2.77. The number of ether oxygens (including phenoxy) is 1. The van der Waals surface area contributed by atoms with Crippen molar-refractivity contribution >= 4 is 41.4 Å². The number of aliphatic hydroxyl groups excluding tert-OH is 1. The Morgan fingerprint density at radius 3 is 2.75 bits per heavy atom. The Bertz CT molecular complexity index is 925. The van der Waals surface area contributed by atoms with Crippen molar-refractivity contribution in [1.29, 1.82) is 0 Å². The third-order valence-corrected chi connectivity index (χ3v) is 5.02. The Morgan fingerprint density at radius 2 is 2.14 bits per heavy atom. The van der Waals surface area contributed by atoms with Crippen LogP contribution in [-0.2, 0) is 25.9 Å². The Kier molecular flexibility index (Phi) is 5.84. The first-order valence-electron chi connectivity index (χ1n) is 8.49. The highest BCUT2D eigenvalue weighted by Crippen LogP contribution is 2.44. The minimum absolute atomic E-state index is 0.198. The molecule has 154 valence electrons. The molecule has 2 aromatic heterocycles. The molecule has 0 spiro atoms. The Labute approximate surface area is 166 Å². The van der Waals surface area contributed by atoms with E-state index in [1.807, 2.05) is 0 Å². The van der Waals surface area contributed by atoms with Gasteiger partial charge < -0.3 is 29.5 Å². The summed E-state index contributed by atoms with van der Waals surface area (Å²) < 4.78 is 12.4. The molecule has 3 rings (SSSR count). The van der Waals surface area contributed by atoms with Gasteiger partial charge in [0.25, 0.3) is 0 Å². The molecular weight excluding hydrogens is 409 g/mol. The van der Waals surface area contributed by atoms with Crippen LogP contribution < -0.4 is 5.32 Å². The van der Waals surface area contributed by atoms with Crippen LogP contribution >= 0.6 is 6.72 Å². The van der Waals surface area contributed by atoms with Crippen LogP contribution in [0.25, 0.3) is 11.2 Å². The molecule has 28 heavy (non-hydrogen) atoms. The molecule has 2 aromatic rings. The van der Waals surface area contributed by atoms with Gasteiger partial charge in [0.2, 0.25) is 5.91 Å². The summed E-state index contributed by atoms with van der Waals surface area (Å²) in [6, 6.07) is 0. The zero-order valence-electron chi connectivity index (χ0n) is 15.5. The van der Waals surface area contributed by atoms with E-state index in [4.69, 9.17) is 9.26 Å². The average Bonchev–Trinajstić information content (AvgIpc) is 3.16. The molecule has 3 heterocycles. The summed E-state index contributed by atoms with van der Waals surface area (Å²) in [6.45, 7) is 1.05. The molecule has 1 amide bonds. The molecular formula is C15H22N5O6PS. The van der Waals surface area contributed by atoms with Gasteiger partial charge >= 0.3 is 6.72 Å². The van der Waals surface area contributed by atoms with E-state index in [2.05, 4.69) is 32.1 Å². The van der Waals surface area contributed by atoms with Gasteiger partial charge in [0, 0.05) is 11.8 Å². The maximum atomic E-state index is 12.3. The lowest BCUT2D eigenvalue weighted by atomic mass is 9.96. The molecule has 0 radical (unpaired) electrons. The summed E-state index contributed by atoms with van der Waals surface area (Å²) in [5.41, 5.74) is 0.180. The summed E-state index contributed by atoms with van der Waals surface area (Å²) in [6.07, 6.45) is 0.758. The smallest absolute Gasteiger partial charge is 0.322 e. The normalized spacial score (nSPS) is 23.3. The zero-order chi connectivity index (χ0) is 20.7. The largest absolute Gasteiger partial charge is 0.394 e. The second-order valence-corrected chi connectivity index (χ2v) is 10.1. The van der Waals surface area contributed by atoms with Gasteiger partial charge in [0.15, 0.2) is 17.0 Å². The number of nitrogens with one attached hydrogen (secondary N) is 1. The second kappa shape index (κ2) is 7.71. The van der Waals surface area contributed by atoms with Crippen LogP contribution in [0.4, 0.5) is 5.82 Å². The average molecular weight is 431 g/mol. The van der Waals surface area contributed by atoms with Crippen molar-refractivity contribution in [3.63, 3.8) is 0 Å². The van der Waals surface area contributed by atoms with Gasteiger partial charge in [0.05, 0.1) is 19.0 Å². The van der Waals surface area contributed by atoms with E-state index >= 15 is 0 Å². The highest BCUT2D eigenvalue weighted by molar-refractivity contribution is 8.06. The summed E-state index contributed by atoms with van der Waals surface area (Å²) in [4.78, 5) is 43.7. The second-order valence-electron chi connectivity index (χ2n) is 7.43. The molecule has 0 aromatic carbocycles. The van der Waals surface area contributed by atoms with Gasteiger partial charge in [-0.05, 0) is 11.8 Å². The predicted molar refractivity (Wildman–Crippen MR) is 103 cm³/mol. The number of hydrogen-bond donors (Lipinski definition) is 4. The molecule has 1 aliphatic heterocycles. The molecule has 1 saturated heterocycles. The minimum Gasteiger partial charge on any atom is -0.394 e. The number of anilines is 1. The number of rotatable bonds is 5. The lowest BCUT2D eigenvalue weighted by molar-refractivity contribution is -0.123. The van der Waals surface area contributed by atoms with E-state index in [9.17, 15) is 19.7 Å². The van der Waals surface area contributed by atoms with E-state index < -0.39 is 30.6 Å². The number of aliphatic hydroxyl groups is 1. The first-order valence-corrected chi connectivity index (χ1v) is 11.1. The van der Waals surface area contributed by atoms with Crippen LogP contribution in [0, 0.1) is 5.41 Å². The molecule has 0 bridgehead atoms. The van der Waals surface area contributed by atoms with Gasteiger partial charge in [-0.2, -0.15) is 0 Å². The van der Waals surface area contributed by atoms with E-state index in [0.29, 0.717) is 11.2 Å². The number of carbonyl (C=O) groups is 1. The van der Waals surface area contributed by atoms with Gasteiger partial charge in [-0.3, -0.25) is 9.36 Å². The van der Waals surface area contributed by atoms with Crippen LogP contribution in [0.2, 0.25) is 0 Å². The van der Waals surface area contributed by atoms with Gasteiger partial charge in [0.1, 0.15) is 18.7 Å². The van der Waals surface area contributed by atoms with Crippen molar-refractivity contribution in [2.75, 3.05) is 11.9 Å². The molecule has 0 aliphatic carbocycles. The number of aromatic nitrogens is 4. The third-order valence-electron chi connectivity index (χ3n) is 4.22. The van der Waals surface area contributed by atoms with Crippen molar-refractivity contribution in [3.8, 4) is 0 Å². The molecule has 11 nitrogen and oxygen atoms in total. The van der Waals surface area contributed by atoms with Crippen LogP contribution in [0.15, 0.2) is 12.7 Å². The Balaban J connectivity index is 1.88. The van der Waals surface area contributed by atoms with Gasteiger partial charge in [-0.1, -0.05) is 20.8 Å². The number of imidazole rings is 1. The predicted octanol–water partition coefficient (Wildman–Crippen LogP) is 0.685. The van der Waals surface area contributed by atoms with E-state index in [1.165, 1.54) is 12.7 Å². The first-order chi connectivity index (χ1) is 13.0. The lowest BCUT2D eigenvalue weighted by Gasteiger charge is -2.18. The van der Waals surface area contributed by atoms with Crippen molar-refractivity contribution in [2.45, 2.75) is 45.6 Å². The summed E-state index contributed by atoms with van der Waals surface area (Å²) in [7, 11) is 0. The maximum absolute atomic E-state index is 12.3. The van der Waals surface area contributed by atoms with Crippen molar-refractivity contribution < 1.29 is 28.9 Å². The van der Waals surface area contributed by atoms with Crippen molar-refractivity contribution in [3.05, 3.63) is 12.7 Å². The number of hydrogen-bond acceptors (Lipinski definition) is 8. The summed E-state index contributed by atoms with van der Waals surface area (Å²) in [5.74, 6) is 0.0546. The number of nitrogens with zero attached hydrogens (tertiary/aromatic N) is 4. The fraction of sp³-hybridized carbons (Fsp3) is 0.600. The van der Waals surface area contributed by atoms with Crippen LogP contribution in [0.5, 0.6) is 0 Å². The lowest BCUT2D eigenvalue weighted by Crippen LogP contribution is -2.28. The maximum Gasteiger partial charge on any atom is 0.322 e. The van der Waals surface area contributed by atoms with E-state index in [0.717, 1.165) is 0 Å². The van der Waals surface area contributed by atoms with E-state index in [-0.39, 0.29) is 24.8 Å². The molecule has 13 heteroatoms. The number of carbonyl (C=O) groups excluding carboxylic acids is 1. The summed E-state index contributed by atoms with van der Waals surface area (Å²) in [5, 5.41) is 12.2. The molecule has 3 atom stereocenters. The standard InChI is InChI=1S/C15H22N5O6PS/c1-15(2,3)14(22)19-12-11-13(17-6-16-12)20(7-18-11)10-4-8(9(5-21)25-10)26-27(23,24)28/h6-10,21H,4-5H2,1-3H3,(H2,23,24,28)(H,16,17,19,22)/t8?,9-,10-/m1/s1. The van der Waals surface area contributed by atoms with Crippen molar-refractivity contribution in [1.82, 2.24) is 19.5 Å². The van der Waals surface area contributed by atoms with Gasteiger partial charge in [-0.25, -0.2) is 15.0 Å². The SMILES string of the molecule is CC(C)(C)C(=O)Nc1ncnc2c1ncn2[C@H]1CC(OP(O)(O)=S)[C@@H](CO)O1. The minimum atomic E-state index is -3.91. The highest BCUT2D eigenvalue weighted by atomic mass is 32.5. The number of fused-ring (bicyclic) bond motifs is 1. The van der Waals surface area contributed by atoms with Crippen LogP contribution in [0.1, 0.15) is 33.4 Å². The number of amides is 1. The Morgan fingerprint density at radius 1 is 1.43 bits per heavy atom. The molecule has 1 fully saturated rings. The highest BCUT2D eigenvalue weighted by Gasteiger charge is 2.40. The molecule has 1 unspecified atom stereocenters. The zero-order valence-corrected chi connectivity index (χ0v) is 17.2. The monoisotopic (exact) mass is 431 g/mol. The van der Waals surface area contributed by atoms with Crippen LogP contribution in [0.3, 0.4) is 0 Å². The van der Waals surface area contributed by atoms with Crippen LogP contribution in [-0.4, -0.2) is 59.1 Å². The van der Waals surface area contributed by atoms with Crippen molar-refractivity contribution in [2.24, 2.45) is 5.41 Å². The third kappa shape index (κ3) is 4.54. The summed E-state index contributed by atoms with van der Waals surface area (Å²) >= 11 is 4.51. The van der Waals surface area contributed by atoms with E-state index in [1.54, 1.807) is 25.3 Å². The molecule has 0 saturated carbocycles. The quantitative estimate of drug-likeness (QED) is 0.497. The first kappa shape index (κ1) is 21.2.